The Morgan fingerprint density at radius 3 is 2.14 bits per heavy atom. The van der Waals surface area contributed by atoms with Crippen LogP contribution < -0.4 is 0 Å². The van der Waals surface area contributed by atoms with Crippen LogP contribution in [0.5, 0.6) is 0 Å². The summed E-state index contributed by atoms with van der Waals surface area (Å²) >= 11 is 7.29. The third-order valence-corrected chi connectivity index (χ3v) is 4.62. The first-order valence-electron chi connectivity index (χ1n) is 6.90. The maximum atomic E-state index is 5.58. The van der Waals surface area contributed by atoms with Crippen LogP contribution in [0, 0.1) is 0 Å². The Morgan fingerprint density at radius 1 is 1.00 bits per heavy atom. The van der Waals surface area contributed by atoms with Crippen LogP contribution in [0.15, 0.2) is 73.3 Å². The minimum Gasteiger partial charge on any atom is -0.349 e. The normalized spacial score (nSPS) is 10.1. The predicted octanol–water partition coefficient (Wildman–Crippen LogP) is 4.89. The molecule has 0 spiro atoms. The van der Waals surface area contributed by atoms with Crippen molar-refractivity contribution in [3.05, 3.63) is 84.4 Å². The highest BCUT2D eigenvalue weighted by Gasteiger charge is 2.09. The van der Waals surface area contributed by atoms with Crippen molar-refractivity contribution in [3.63, 3.8) is 0 Å². The standard InChI is InChI=1S/C18H19NS2/c1-2-13-19(14-16-9-5-3-6-10-16)18(20)21-15-17-11-7-4-8-12-17/h2-12H,1,13-15H2. The molecule has 2 aromatic carbocycles. The van der Waals surface area contributed by atoms with Crippen molar-refractivity contribution in [1.29, 1.82) is 0 Å². The summed E-state index contributed by atoms with van der Waals surface area (Å²) in [5.41, 5.74) is 2.56. The molecule has 3 heteroatoms. The Balaban J connectivity index is 1.94. The van der Waals surface area contributed by atoms with Crippen LogP contribution in [0.25, 0.3) is 0 Å². The second-order valence-corrected chi connectivity index (χ2v) is 6.30. The molecule has 0 saturated carbocycles. The maximum absolute atomic E-state index is 5.58. The zero-order valence-corrected chi connectivity index (χ0v) is 13.6. The fraction of sp³-hybridized carbons (Fsp3) is 0.167. The van der Waals surface area contributed by atoms with Gasteiger partial charge in [-0.1, -0.05) is 90.7 Å². The van der Waals surface area contributed by atoms with Gasteiger partial charge in [0, 0.05) is 18.8 Å². The minimum atomic E-state index is 0.773. The number of benzene rings is 2. The highest BCUT2D eigenvalue weighted by Crippen LogP contribution is 2.18. The summed E-state index contributed by atoms with van der Waals surface area (Å²) in [7, 11) is 0. The van der Waals surface area contributed by atoms with Crippen LogP contribution in [0.1, 0.15) is 11.1 Å². The highest BCUT2D eigenvalue weighted by atomic mass is 32.2. The summed E-state index contributed by atoms with van der Waals surface area (Å²) in [5.74, 6) is 0.905. The van der Waals surface area contributed by atoms with E-state index in [1.165, 1.54) is 11.1 Å². The van der Waals surface area contributed by atoms with E-state index < -0.39 is 0 Å². The Labute approximate surface area is 136 Å². The smallest absolute Gasteiger partial charge is 0.137 e. The molecule has 0 aliphatic rings. The summed E-state index contributed by atoms with van der Waals surface area (Å²) in [5, 5.41) is 0. The van der Waals surface area contributed by atoms with E-state index in [9.17, 15) is 0 Å². The van der Waals surface area contributed by atoms with Crippen LogP contribution in [-0.4, -0.2) is 15.8 Å². The van der Waals surface area contributed by atoms with Crippen molar-refractivity contribution in [2.75, 3.05) is 6.54 Å². The lowest BCUT2D eigenvalue weighted by atomic mass is 10.2. The van der Waals surface area contributed by atoms with Gasteiger partial charge < -0.3 is 4.90 Å². The highest BCUT2D eigenvalue weighted by molar-refractivity contribution is 8.22. The van der Waals surface area contributed by atoms with Crippen LogP contribution in [-0.2, 0) is 12.3 Å². The molecule has 0 aliphatic heterocycles. The molecule has 0 bridgehead atoms. The lowest BCUT2D eigenvalue weighted by Crippen LogP contribution is -2.27. The molecular formula is C18H19NS2. The Morgan fingerprint density at radius 2 is 1.57 bits per heavy atom. The van der Waals surface area contributed by atoms with Crippen LogP contribution in [0.3, 0.4) is 0 Å². The van der Waals surface area contributed by atoms with Crippen LogP contribution >= 0.6 is 24.0 Å². The van der Waals surface area contributed by atoms with E-state index in [0.29, 0.717) is 0 Å². The van der Waals surface area contributed by atoms with Crippen molar-refractivity contribution in [3.8, 4) is 0 Å². The number of rotatable bonds is 6. The summed E-state index contributed by atoms with van der Waals surface area (Å²) in [4.78, 5) is 2.19. The summed E-state index contributed by atoms with van der Waals surface area (Å²) in [6.07, 6.45) is 1.90. The summed E-state index contributed by atoms with van der Waals surface area (Å²) in [6.45, 7) is 5.43. The summed E-state index contributed by atoms with van der Waals surface area (Å²) < 4.78 is 0.919. The fourth-order valence-corrected chi connectivity index (χ4v) is 3.09. The number of thioether (sulfide) groups is 1. The fourth-order valence-electron chi connectivity index (χ4n) is 1.97. The van der Waals surface area contributed by atoms with Crippen molar-refractivity contribution < 1.29 is 0 Å². The first kappa shape index (κ1) is 15.8. The molecule has 0 heterocycles. The largest absolute Gasteiger partial charge is 0.349 e. The number of hydrogen-bond donors (Lipinski definition) is 0. The molecule has 1 nitrogen and oxygen atoms in total. The van der Waals surface area contributed by atoms with Gasteiger partial charge in [-0.2, -0.15) is 0 Å². The quantitative estimate of drug-likeness (QED) is 0.552. The molecule has 0 radical (unpaired) electrons. The Hall–Kier alpha value is -1.58. The lowest BCUT2D eigenvalue weighted by Gasteiger charge is -2.23. The van der Waals surface area contributed by atoms with E-state index in [1.54, 1.807) is 11.8 Å². The van der Waals surface area contributed by atoms with E-state index in [4.69, 9.17) is 12.2 Å². The number of hydrogen-bond acceptors (Lipinski definition) is 2. The van der Waals surface area contributed by atoms with Crippen molar-refractivity contribution in [1.82, 2.24) is 4.90 Å². The van der Waals surface area contributed by atoms with Gasteiger partial charge in [0.05, 0.1) is 0 Å². The average molecular weight is 313 g/mol. The van der Waals surface area contributed by atoms with Crippen molar-refractivity contribution in [2.24, 2.45) is 0 Å². The van der Waals surface area contributed by atoms with E-state index in [2.05, 4.69) is 60.0 Å². The minimum absolute atomic E-state index is 0.773. The first-order chi connectivity index (χ1) is 10.3. The second kappa shape index (κ2) is 8.65. The molecule has 0 saturated heterocycles. The summed E-state index contributed by atoms with van der Waals surface area (Å²) in [6, 6.07) is 20.8. The molecule has 0 aliphatic carbocycles. The average Bonchev–Trinajstić information content (AvgIpc) is 2.54. The van der Waals surface area contributed by atoms with Gasteiger partial charge in [0.2, 0.25) is 0 Å². The van der Waals surface area contributed by atoms with E-state index in [1.807, 2.05) is 18.2 Å². The molecule has 0 fully saturated rings. The van der Waals surface area contributed by atoms with Gasteiger partial charge in [-0.05, 0) is 11.1 Å². The van der Waals surface area contributed by atoms with Gasteiger partial charge in [-0.3, -0.25) is 0 Å². The van der Waals surface area contributed by atoms with Gasteiger partial charge in [0.25, 0.3) is 0 Å². The van der Waals surface area contributed by atoms with E-state index in [0.717, 1.165) is 23.2 Å². The predicted molar refractivity (Wildman–Crippen MR) is 97.4 cm³/mol. The van der Waals surface area contributed by atoms with Gasteiger partial charge in [0.15, 0.2) is 0 Å². The van der Waals surface area contributed by atoms with Crippen molar-refractivity contribution in [2.45, 2.75) is 12.3 Å². The van der Waals surface area contributed by atoms with E-state index >= 15 is 0 Å². The van der Waals surface area contributed by atoms with Gasteiger partial charge in [-0.25, -0.2) is 0 Å². The molecule has 0 atom stereocenters. The molecule has 21 heavy (non-hydrogen) atoms. The third-order valence-electron chi connectivity index (χ3n) is 3.03. The Bertz CT molecular complexity index is 566. The molecule has 0 amide bonds. The van der Waals surface area contributed by atoms with Crippen LogP contribution in [0.4, 0.5) is 0 Å². The lowest BCUT2D eigenvalue weighted by molar-refractivity contribution is 0.473. The molecule has 0 unspecified atom stereocenters. The maximum Gasteiger partial charge on any atom is 0.137 e. The van der Waals surface area contributed by atoms with Crippen LogP contribution in [0.2, 0.25) is 0 Å². The topological polar surface area (TPSA) is 3.24 Å². The zero-order chi connectivity index (χ0) is 14.9. The van der Waals surface area contributed by atoms with Gasteiger partial charge in [0.1, 0.15) is 4.32 Å². The zero-order valence-electron chi connectivity index (χ0n) is 11.9. The third kappa shape index (κ3) is 5.37. The van der Waals surface area contributed by atoms with Crippen molar-refractivity contribution >= 4 is 28.3 Å². The van der Waals surface area contributed by atoms with Gasteiger partial charge >= 0.3 is 0 Å². The Kier molecular flexibility index (Phi) is 6.51. The SMILES string of the molecule is C=CCN(Cc1ccccc1)C(=S)SCc1ccccc1. The van der Waals surface area contributed by atoms with Gasteiger partial charge in [-0.15, -0.1) is 6.58 Å². The molecule has 0 N–H and O–H groups in total. The number of nitrogens with zero attached hydrogens (tertiary/aromatic N) is 1. The molecule has 2 aromatic rings. The molecular weight excluding hydrogens is 294 g/mol. The number of thiocarbonyl (C=S) groups is 1. The molecule has 0 aromatic heterocycles. The monoisotopic (exact) mass is 313 g/mol. The van der Waals surface area contributed by atoms with E-state index in [-0.39, 0.29) is 0 Å². The molecule has 108 valence electrons. The second-order valence-electron chi connectivity index (χ2n) is 4.69. The molecule has 2 rings (SSSR count). The first-order valence-corrected chi connectivity index (χ1v) is 8.29.